The minimum absolute atomic E-state index is 0.0866. The fraction of sp³-hybridized carbons (Fsp3) is 0.812. The monoisotopic (exact) mass is 323 g/mol. The second-order valence-corrected chi connectivity index (χ2v) is 6.16. The molecule has 0 aromatic heterocycles. The lowest BCUT2D eigenvalue weighted by Crippen LogP contribution is -2.39. The molecule has 0 bridgehead atoms. The van der Waals surface area contributed by atoms with Crippen LogP contribution in [0.5, 0.6) is 0 Å². The van der Waals surface area contributed by atoms with Gasteiger partial charge in [0.15, 0.2) is 5.96 Å². The van der Waals surface area contributed by atoms with Gasteiger partial charge in [-0.05, 0) is 39.0 Å². The third-order valence-electron chi connectivity index (χ3n) is 3.99. The molecule has 1 aliphatic heterocycles. The Hall–Kier alpha value is -1.79. The quantitative estimate of drug-likeness (QED) is 0.339. The average Bonchev–Trinajstić information content (AvgIpc) is 3.17. The van der Waals surface area contributed by atoms with Crippen LogP contribution in [0.15, 0.2) is 4.99 Å². The number of nitrogens with one attached hydrogen (secondary N) is 3. The van der Waals surface area contributed by atoms with Gasteiger partial charge in [-0.1, -0.05) is 0 Å². The highest BCUT2D eigenvalue weighted by Gasteiger charge is 2.22. The Labute approximate surface area is 138 Å². The van der Waals surface area contributed by atoms with Crippen LogP contribution in [0.25, 0.3) is 0 Å². The Bertz CT molecular complexity index is 428. The van der Waals surface area contributed by atoms with E-state index in [-0.39, 0.29) is 18.4 Å². The second-order valence-electron chi connectivity index (χ2n) is 6.16. The number of likely N-dealkylation sites (tertiary alicyclic amines) is 1. The van der Waals surface area contributed by atoms with Gasteiger partial charge in [0.25, 0.3) is 0 Å². The Balaban J connectivity index is 1.64. The molecule has 2 rings (SSSR count). The molecule has 2 amide bonds. The van der Waals surface area contributed by atoms with Crippen molar-refractivity contribution in [3.05, 3.63) is 0 Å². The number of hydrogen-bond acceptors (Lipinski definition) is 3. The molecule has 0 spiro atoms. The molecular weight excluding hydrogens is 294 g/mol. The van der Waals surface area contributed by atoms with Crippen molar-refractivity contribution in [1.82, 2.24) is 20.9 Å². The molecule has 3 N–H and O–H groups in total. The summed E-state index contributed by atoms with van der Waals surface area (Å²) in [6.45, 7) is 5.29. The van der Waals surface area contributed by atoms with Crippen LogP contribution in [-0.4, -0.2) is 61.4 Å². The van der Waals surface area contributed by atoms with E-state index in [2.05, 4.69) is 20.9 Å². The fourth-order valence-corrected chi connectivity index (χ4v) is 2.54. The van der Waals surface area contributed by atoms with Crippen LogP contribution in [0.3, 0.4) is 0 Å². The summed E-state index contributed by atoms with van der Waals surface area (Å²) in [6.07, 6.45) is 5.70. The van der Waals surface area contributed by atoms with Crippen molar-refractivity contribution in [2.75, 3.05) is 32.7 Å². The van der Waals surface area contributed by atoms with Crippen LogP contribution in [0.4, 0.5) is 0 Å². The zero-order valence-corrected chi connectivity index (χ0v) is 14.1. The maximum atomic E-state index is 12.0. The number of nitrogens with zero attached hydrogens (tertiary/aromatic N) is 2. The molecule has 130 valence electrons. The van der Waals surface area contributed by atoms with E-state index in [1.165, 1.54) is 0 Å². The van der Waals surface area contributed by atoms with Crippen molar-refractivity contribution in [3.8, 4) is 0 Å². The van der Waals surface area contributed by atoms with Crippen molar-refractivity contribution in [2.45, 2.75) is 51.5 Å². The predicted molar refractivity (Wildman–Crippen MR) is 90.2 cm³/mol. The number of carbonyl (C=O) groups excluding carboxylic acids is 2. The average molecular weight is 323 g/mol. The first kappa shape index (κ1) is 17.6. The lowest BCUT2D eigenvalue weighted by molar-refractivity contribution is -0.128. The smallest absolute Gasteiger partial charge is 0.244 e. The van der Waals surface area contributed by atoms with E-state index < -0.39 is 0 Å². The van der Waals surface area contributed by atoms with Crippen LogP contribution in [0.2, 0.25) is 0 Å². The number of amides is 2. The molecule has 0 radical (unpaired) electrons. The highest BCUT2D eigenvalue weighted by Crippen LogP contribution is 2.18. The fourth-order valence-electron chi connectivity index (χ4n) is 2.54. The number of hydrogen-bond donors (Lipinski definition) is 3. The molecule has 0 aromatic carbocycles. The van der Waals surface area contributed by atoms with Crippen LogP contribution in [0.1, 0.15) is 45.4 Å². The van der Waals surface area contributed by atoms with Gasteiger partial charge in [-0.25, -0.2) is 4.99 Å². The maximum Gasteiger partial charge on any atom is 0.244 e. The van der Waals surface area contributed by atoms with E-state index in [4.69, 9.17) is 0 Å². The van der Waals surface area contributed by atoms with Gasteiger partial charge in [0.2, 0.25) is 11.8 Å². The topological polar surface area (TPSA) is 85.8 Å². The van der Waals surface area contributed by atoms with Crippen LogP contribution < -0.4 is 16.0 Å². The van der Waals surface area contributed by atoms with E-state index >= 15 is 0 Å². The molecule has 1 saturated carbocycles. The van der Waals surface area contributed by atoms with Crippen molar-refractivity contribution in [1.29, 1.82) is 0 Å². The largest absolute Gasteiger partial charge is 0.357 e. The van der Waals surface area contributed by atoms with Gasteiger partial charge in [0.1, 0.15) is 6.54 Å². The number of aliphatic imine (C=N–C) groups is 1. The van der Waals surface area contributed by atoms with E-state index in [1.807, 2.05) is 11.8 Å². The molecule has 23 heavy (non-hydrogen) atoms. The molecule has 7 heteroatoms. The SMILES string of the molecule is CCNC(=NCC(=O)N1CCCC1)NCCCC(=O)NC1CC1. The highest BCUT2D eigenvalue weighted by atomic mass is 16.2. The van der Waals surface area contributed by atoms with Gasteiger partial charge in [-0.3, -0.25) is 9.59 Å². The van der Waals surface area contributed by atoms with Gasteiger partial charge < -0.3 is 20.9 Å². The summed E-state index contributed by atoms with van der Waals surface area (Å²) in [4.78, 5) is 29.8. The Morgan fingerprint density at radius 2 is 1.91 bits per heavy atom. The molecule has 1 saturated heterocycles. The zero-order valence-electron chi connectivity index (χ0n) is 14.1. The molecular formula is C16H29N5O2. The van der Waals surface area contributed by atoms with Gasteiger partial charge in [-0.15, -0.1) is 0 Å². The third kappa shape index (κ3) is 6.88. The summed E-state index contributed by atoms with van der Waals surface area (Å²) in [7, 11) is 0. The Kier molecular flexibility index (Phi) is 7.16. The van der Waals surface area contributed by atoms with Gasteiger partial charge >= 0.3 is 0 Å². The minimum atomic E-state index is 0.0866. The van der Waals surface area contributed by atoms with Gasteiger partial charge in [-0.2, -0.15) is 0 Å². The normalized spacial score (nSPS) is 18.0. The van der Waals surface area contributed by atoms with Gasteiger partial charge in [0, 0.05) is 38.6 Å². The summed E-state index contributed by atoms with van der Waals surface area (Å²) >= 11 is 0. The molecule has 0 aromatic rings. The molecule has 1 heterocycles. The predicted octanol–water partition coefficient (Wildman–Crippen LogP) is 0.223. The Morgan fingerprint density at radius 3 is 2.57 bits per heavy atom. The summed E-state index contributed by atoms with van der Waals surface area (Å²) < 4.78 is 0. The third-order valence-corrected chi connectivity index (χ3v) is 3.99. The van der Waals surface area contributed by atoms with Crippen molar-refractivity contribution < 1.29 is 9.59 Å². The van der Waals surface area contributed by atoms with Crippen molar-refractivity contribution in [2.24, 2.45) is 4.99 Å². The van der Waals surface area contributed by atoms with Crippen molar-refractivity contribution >= 4 is 17.8 Å². The molecule has 0 atom stereocenters. The zero-order chi connectivity index (χ0) is 16.5. The molecule has 2 aliphatic rings. The van der Waals surface area contributed by atoms with Crippen molar-refractivity contribution in [3.63, 3.8) is 0 Å². The van der Waals surface area contributed by atoms with Crippen LogP contribution in [0, 0.1) is 0 Å². The summed E-state index contributed by atoms with van der Waals surface area (Å²) in [5, 5.41) is 9.28. The number of rotatable bonds is 8. The first-order valence-electron chi connectivity index (χ1n) is 8.78. The highest BCUT2D eigenvalue weighted by molar-refractivity contribution is 5.85. The Morgan fingerprint density at radius 1 is 1.17 bits per heavy atom. The second kappa shape index (κ2) is 9.37. The summed E-state index contributed by atoms with van der Waals surface area (Å²) in [5.41, 5.74) is 0. The molecule has 1 aliphatic carbocycles. The standard InChI is InChI=1S/C16H29N5O2/c1-2-17-16(19-12-15(23)21-10-3-4-11-21)18-9-5-6-14(22)20-13-7-8-13/h13H,2-12H2,1H3,(H,20,22)(H2,17,18,19). The van der Waals surface area contributed by atoms with E-state index in [1.54, 1.807) is 0 Å². The minimum Gasteiger partial charge on any atom is -0.357 e. The van der Waals surface area contributed by atoms with Gasteiger partial charge in [0.05, 0.1) is 0 Å². The molecule has 2 fully saturated rings. The lowest BCUT2D eigenvalue weighted by atomic mass is 10.3. The summed E-state index contributed by atoms with van der Waals surface area (Å²) in [6, 6.07) is 0.422. The van der Waals surface area contributed by atoms with E-state index in [0.717, 1.165) is 51.7 Å². The maximum absolute atomic E-state index is 12.0. The molecule has 7 nitrogen and oxygen atoms in total. The van der Waals surface area contributed by atoms with E-state index in [0.29, 0.717) is 25.0 Å². The lowest BCUT2D eigenvalue weighted by Gasteiger charge is -2.15. The molecule has 0 unspecified atom stereocenters. The first-order chi connectivity index (χ1) is 11.2. The summed E-state index contributed by atoms with van der Waals surface area (Å²) in [5.74, 6) is 0.853. The van der Waals surface area contributed by atoms with Crippen LogP contribution >= 0.6 is 0 Å². The first-order valence-corrected chi connectivity index (χ1v) is 8.78. The number of carbonyl (C=O) groups is 2. The van der Waals surface area contributed by atoms with E-state index in [9.17, 15) is 9.59 Å². The number of guanidine groups is 1. The van der Waals surface area contributed by atoms with Crippen LogP contribution in [-0.2, 0) is 9.59 Å².